The molecule has 3 rings (SSSR count). The Hall–Kier alpha value is -2.86. The van der Waals surface area contributed by atoms with Crippen LogP contribution in [-0.4, -0.2) is 42.4 Å². The molecule has 2 aromatic carbocycles. The van der Waals surface area contributed by atoms with E-state index in [4.69, 9.17) is 4.74 Å². The molecule has 1 unspecified atom stereocenters. The SMILES string of the molecule is CCC(=O)NC1CCCN(CC(=O)Nc2ccccc2Oc2ccccc2)C1. The molecule has 1 atom stereocenters. The van der Waals surface area contributed by atoms with E-state index in [1.165, 1.54) is 0 Å². The first-order valence-electron chi connectivity index (χ1n) is 9.77. The molecule has 0 aromatic heterocycles. The highest BCUT2D eigenvalue weighted by Gasteiger charge is 2.22. The maximum atomic E-state index is 12.6. The Morgan fingerprint density at radius 2 is 1.82 bits per heavy atom. The summed E-state index contributed by atoms with van der Waals surface area (Å²) in [5.41, 5.74) is 0.643. The maximum Gasteiger partial charge on any atom is 0.238 e. The number of benzene rings is 2. The van der Waals surface area contributed by atoms with Crippen LogP contribution in [0.1, 0.15) is 26.2 Å². The van der Waals surface area contributed by atoms with Crippen LogP contribution in [-0.2, 0) is 9.59 Å². The van der Waals surface area contributed by atoms with Crippen LogP contribution in [0.15, 0.2) is 54.6 Å². The molecule has 1 aliphatic heterocycles. The van der Waals surface area contributed by atoms with E-state index in [0.29, 0.717) is 24.4 Å². The first kappa shape index (κ1) is 19.9. The summed E-state index contributed by atoms with van der Waals surface area (Å²) >= 11 is 0. The molecular formula is C22H27N3O3. The fourth-order valence-corrected chi connectivity index (χ4v) is 3.31. The molecule has 2 N–H and O–H groups in total. The number of anilines is 1. The zero-order valence-corrected chi connectivity index (χ0v) is 16.2. The molecule has 1 heterocycles. The van der Waals surface area contributed by atoms with Crippen LogP contribution < -0.4 is 15.4 Å². The topological polar surface area (TPSA) is 70.7 Å². The van der Waals surface area contributed by atoms with Gasteiger partial charge in [-0.3, -0.25) is 14.5 Å². The molecule has 2 amide bonds. The second-order valence-electron chi connectivity index (χ2n) is 6.95. The van der Waals surface area contributed by atoms with E-state index in [1.807, 2.05) is 61.5 Å². The van der Waals surface area contributed by atoms with Gasteiger partial charge in [0.25, 0.3) is 0 Å². The van der Waals surface area contributed by atoms with Crippen LogP contribution in [0.2, 0.25) is 0 Å². The summed E-state index contributed by atoms with van der Waals surface area (Å²) in [6.45, 7) is 3.69. The molecule has 0 radical (unpaired) electrons. The molecule has 1 saturated heterocycles. The molecule has 0 saturated carbocycles. The zero-order chi connectivity index (χ0) is 19.8. The van der Waals surface area contributed by atoms with Gasteiger partial charge in [-0.1, -0.05) is 37.3 Å². The number of amides is 2. The number of carbonyl (C=O) groups excluding carboxylic acids is 2. The van der Waals surface area contributed by atoms with Gasteiger partial charge < -0.3 is 15.4 Å². The molecule has 2 aromatic rings. The van der Waals surface area contributed by atoms with Gasteiger partial charge >= 0.3 is 0 Å². The van der Waals surface area contributed by atoms with Gasteiger partial charge in [0.2, 0.25) is 11.8 Å². The first-order chi connectivity index (χ1) is 13.6. The fraction of sp³-hybridized carbons (Fsp3) is 0.364. The van der Waals surface area contributed by atoms with Gasteiger partial charge in [0, 0.05) is 19.0 Å². The lowest BCUT2D eigenvalue weighted by Gasteiger charge is -2.32. The summed E-state index contributed by atoms with van der Waals surface area (Å²) in [5, 5.41) is 5.98. The summed E-state index contributed by atoms with van der Waals surface area (Å²) in [4.78, 5) is 26.3. The summed E-state index contributed by atoms with van der Waals surface area (Å²) in [6.07, 6.45) is 2.41. The average molecular weight is 381 g/mol. The number of likely N-dealkylation sites (tertiary alicyclic amines) is 1. The quantitative estimate of drug-likeness (QED) is 0.771. The minimum atomic E-state index is -0.0911. The molecule has 0 aliphatic carbocycles. The van der Waals surface area contributed by atoms with Gasteiger partial charge in [-0.25, -0.2) is 0 Å². The van der Waals surface area contributed by atoms with E-state index in [1.54, 1.807) is 0 Å². The van der Waals surface area contributed by atoms with Gasteiger partial charge in [0.15, 0.2) is 5.75 Å². The standard InChI is InChI=1S/C22H27N3O3/c1-2-21(26)23-17-9-8-14-25(15-17)16-22(27)24-19-12-6-7-13-20(19)28-18-10-4-3-5-11-18/h3-7,10-13,17H,2,8-9,14-16H2,1H3,(H,23,26)(H,24,27). The lowest BCUT2D eigenvalue weighted by Crippen LogP contribution is -2.49. The van der Waals surface area contributed by atoms with Crippen molar-refractivity contribution in [1.82, 2.24) is 10.2 Å². The molecule has 28 heavy (non-hydrogen) atoms. The zero-order valence-electron chi connectivity index (χ0n) is 16.2. The van der Waals surface area contributed by atoms with Crippen LogP contribution >= 0.6 is 0 Å². The second-order valence-corrected chi connectivity index (χ2v) is 6.95. The lowest BCUT2D eigenvalue weighted by atomic mass is 10.1. The number of carbonyl (C=O) groups is 2. The summed E-state index contributed by atoms with van der Waals surface area (Å²) in [6, 6.07) is 17.0. The maximum absolute atomic E-state index is 12.6. The third-order valence-electron chi connectivity index (χ3n) is 4.69. The van der Waals surface area contributed by atoms with Crippen molar-refractivity contribution in [2.24, 2.45) is 0 Å². The molecule has 148 valence electrons. The smallest absolute Gasteiger partial charge is 0.238 e. The number of hydrogen-bond donors (Lipinski definition) is 2. The summed E-state index contributed by atoms with van der Waals surface area (Å²) in [7, 11) is 0. The number of nitrogens with zero attached hydrogens (tertiary/aromatic N) is 1. The Kier molecular flexibility index (Phi) is 7.03. The molecule has 1 fully saturated rings. The van der Waals surface area contributed by atoms with Crippen LogP contribution in [0, 0.1) is 0 Å². The van der Waals surface area contributed by atoms with Gasteiger partial charge in [0.1, 0.15) is 5.75 Å². The number of piperidine rings is 1. The van der Waals surface area contributed by atoms with Crippen molar-refractivity contribution in [3.63, 3.8) is 0 Å². The number of nitrogens with one attached hydrogen (secondary N) is 2. The Morgan fingerprint density at radius 3 is 2.61 bits per heavy atom. The van der Waals surface area contributed by atoms with Gasteiger partial charge in [-0.05, 0) is 43.7 Å². The van der Waals surface area contributed by atoms with Crippen molar-refractivity contribution in [2.75, 3.05) is 25.0 Å². The summed E-state index contributed by atoms with van der Waals surface area (Å²) in [5.74, 6) is 1.29. The van der Waals surface area contributed by atoms with E-state index in [2.05, 4.69) is 15.5 Å². The van der Waals surface area contributed by atoms with Gasteiger partial charge in [0.05, 0.1) is 12.2 Å². The monoisotopic (exact) mass is 381 g/mol. The second kappa shape index (κ2) is 9.90. The Morgan fingerprint density at radius 1 is 1.07 bits per heavy atom. The van der Waals surface area contributed by atoms with Crippen molar-refractivity contribution in [1.29, 1.82) is 0 Å². The van der Waals surface area contributed by atoms with E-state index in [9.17, 15) is 9.59 Å². The largest absolute Gasteiger partial charge is 0.455 e. The number of rotatable bonds is 7. The molecule has 6 nitrogen and oxygen atoms in total. The van der Waals surface area contributed by atoms with Crippen LogP contribution in [0.3, 0.4) is 0 Å². The third kappa shape index (κ3) is 5.82. The Balaban J connectivity index is 1.57. The minimum absolute atomic E-state index is 0.0586. The number of para-hydroxylation sites is 3. The molecule has 0 spiro atoms. The highest BCUT2D eigenvalue weighted by atomic mass is 16.5. The van der Waals surface area contributed by atoms with Gasteiger partial charge in [-0.15, -0.1) is 0 Å². The summed E-state index contributed by atoms with van der Waals surface area (Å²) < 4.78 is 5.90. The van der Waals surface area contributed by atoms with E-state index >= 15 is 0 Å². The number of ether oxygens (including phenoxy) is 1. The lowest BCUT2D eigenvalue weighted by molar-refractivity contribution is -0.121. The minimum Gasteiger partial charge on any atom is -0.455 e. The molecule has 1 aliphatic rings. The van der Waals surface area contributed by atoms with Crippen molar-refractivity contribution in [3.8, 4) is 11.5 Å². The van der Waals surface area contributed by atoms with Crippen molar-refractivity contribution < 1.29 is 14.3 Å². The predicted molar refractivity (Wildman–Crippen MR) is 109 cm³/mol. The van der Waals surface area contributed by atoms with Crippen LogP contribution in [0.25, 0.3) is 0 Å². The Bertz CT molecular complexity index is 795. The first-order valence-corrected chi connectivity index (χ1v) is 9.77. The third-order valence-corrected chi connectivity index (χ3v) is 4.69. The predicted octanol–water partition coefficient (Wildman–Crippen LogP) is 3.41. The number of hydrogen-bond acceptors (Lipinski definition) is 4. The molecule has 6 heteroatoms. The normalized spacial score (nSPS) is 17.0. The van der Waals surface area contributed by atoms with Gasteiger partial charge in [-0.2, -0.15) is 0 Å². The fourth-order valence-electron chi connectivity index (χ4n) is 3.31. The molecular weight excluding hydrogens is 354 g/mol. The Labute approximate surface area is 165 Å². The average Bonchev–Trinajstić information content (AvgIpc) is 2.70. The van der Waals surface area contributed by atoms with Crippen molar-refractivity contribution in [3.05, 3.63) is 54.6 Å². The van der Waals surface area contributed by atoms with Crippen LogP contribution in [0.5, 0.6) is 11.5 Å². The van der Waals surface area contributed by atoms with Crippen molar-refractivity contribution >= 4 is 17.5 Å². The molecule has 0 bridgehead atoms. The van der Waals surface area contributed by atoms with E-state index in [-0.39, 0.29) is 24.4 Å². The van der Waals surface area contributed by atoms with E-state index in [0.717, 1.165) is 25.1 Å². The highest BCUT2D eigenvalue weighted by molar-refractivity contribution is 5.93. The highest BCUT2D eigenvalue weighted by Crippen LogP contribution is 2.29. The van der Waals surface area contributed by atoms with Crippen molar-refractivity contribution in [2.45, 2.75) is 32.2 Å². The van der Waals surface area contributed by atoms with Crippen LogP contribution in [0.4, 0.5) is 5.69 Å². The van der Waals surface area contributed by atoms with E-state index < -0.39 is 0 Å².